The van der Waals surface area contributed by atoms with Gasteiger partial charge in [-0.3, -0.25) is 4.79 Å². The van der Waals surface area contributed by atoms with Crippen LogP contribution in [-0.4, -0.2) is 5.78 Å². The molecule has 0 bridgehead atoms. The van der Waals surface area contributed by atoms with Gasteiger partial charge in [-0.2, -0.15) is 0 Å². The maximum Gasteiger partial charge on any atom is 0.147 e. The van der Waals surface area contributed by atoms with Crippen LogP contribution in [0.4, 0.5) is 0 Å². The summed E-state index contributed by atoms with van der Waals surface area (Å²) in [7, 11) is 0. The third kappa shape index (κ3) is 2.84. The Kier molecular flexibility index (Phi) is 4.67. The summed E-state index contributed by atoms with van der Waals surface area (Å²) in [5.74, 6) is 0.0898. The summed E-state index contributed by atoms with van der Waals surface area (Å²) in [6, 6.07) is 5.88. The fraction of sp³-hybridized carbons (Fsp3) is 0.300. The van der Waals surface area contributed by atoms with Crippen molar-refractivity contribution < 1.29 is 4.79 Å². The summed E-state index contributed by atoms with van der Waals surface area (Å²) < 4.78 is 0. The monoisotopic (exact) mass is 336 g/mol. The van der Waals surface area contributed by atoms with Crippen LogP contribution in [0.3, 0.4) is 0 Å². The average Bonchev–Trinajstić information content (AvgIpc) is 2.17. The number of halogens is 2. The van der Waals surface area contributed by atoms with Crippen molar-refractivity contribution in [3.63, 3.8) is 0 Å². The van der Waals surface area contributed by atoms with Crippen LogP contribution in [0, 0.1) is 0 Å². The molecule has 14 heavy (non-hydrogen) atoms. The van der Waals surface area contributed by atoms with E-state index in [9.17, 15) is 4.79 Å². The lowest BCUT2D eigenvalue weighted by molar-refractivity contribution is -0.116. The number of carbonyl (C=O) groups is 1. The van der Waals surface area contributed by atoms with E-state index < -0.39 is 0 Å². The fourth-order valence-corrected chi connectivity index (χ4v) is 2.28. The van der Waals surface area contributed by atoms with Crippen LogP contribution in [0.25, 0.3) is 0 Å². The normalized spacial score (nSPS) is 12.6. The number of carbonyl (C=O) groups excluding carboxylic acids is 1. The van der Waals surface area contributed by atoms with Crippen molar-refractivity contribution in [3.8, 4) is 0 Å². The topological polar surface area (TPSA) is 17.1 Å². The van der Waals surface area contributed by atoms with E-state index in [0.717, 1.165) is 21.4 Å². The van der Waals surface area contributed by atoms with Crippen LogP contribution >= 0.6 is 44.5 Å². The van der Waals surface area contributed by atoms with Gasteiger partial charge in [0.05, 0.1) is 4.83 Å². The molecule has 0 spiro atoms. The SMILES string of the molecule is CC(=O)C(Br)c1cc(CBr)ccc1S. The summed E-state index contributed by atoms with van der Waals surface area (Å²) in [5.41, 5.74) is 2.07. The third-order valence-corrected chi connectivity index (χ3v) is 4.07. The van der Waals surface area contributed by atoms with Crippen molar-refractivity contribution in [2.45, 2.75) is 22.0 Å². The lowest BCUT2D eigenvalue weighted by Crippen LogP contribution is -2.02. The molecule has 0 saturated carbocycles. The molecule has 0 aliphatic heterocycles. The first-order valence-electron chi connectivity index (χ1n) is 4.08. The molecule has 1 unspecified atom stereocenters. The number of thiol groups is 1. The predicted molar refractivity (Wildman–Crippen MR) is 68.7 cm³/mol. The molecule has 0 N–H and O–H groups in total. The molecule has 1 nitrogen and oxygen atoms in total. The van der Waals surface area contributed by atoms with Crippen molar-refractivity contribution in [1.82, 2.24) is 0 Å². The number of ketones is 1. The molecule has 1 rings (SSSR count). The van der Waals surface area contributed by atoms with Gasteiger partial charge in [0, 0.05) is 10.2 Å². The summed E-state index contributed by atoms with van der Waals surface area (Å²) in [6.45, 7) is 1.56. The number of benzene rings is 1. The second-order valence-electron chi connectivity index (χ2n) is 3.00. The quantitative estimate of drug-likeness (QED) is 0.654. The lowest BCUT2D eigenvalue weighted by Gasteiger charge is -2.10. The van der Waals surface area contributed by atoms with Crippen LogP contribution in [0.15, 0.2) is 23.1 Å². The Hall–Kier alpha value is 0.200. The Morgan fingerprint density at radius 2 is 2.21 bits per heavy atom. The van der Waals surface area contributed by atoms with E-state index in [-0.39, 0.29) is 10.6 Å². The van der Waals surface area contributed by atoms with Crippen LogP contribution in [0.5, 0.6) is 0 Å². The lowest BCUT2D eigenvalue weighted by atomic mass is 10.1. The van der Waals surface area contributed by atoms with E-state index in [1.54, 1.807) is 6.92 Å². The second-order valence-corrected chi connectivity index (χ2v) is 4.96. The van der Waals surface area contributed by atoms with E-state index in [4.69, 9.17) is 0 Å². The first-order chi connectivity index (χ1) is 6.56. The van der Waals surface area contributed by atoms with E-state index >= 15 is 0 Å². The molecule has 0 aliphatic carbocycles. The van der Waals surface area contributed by atoms with E-state index in [0.29, 0.717) is 0 Å². The van der Waals surface area contributed by atoms with Crippen molar-refractivity contribution in [2.75, 3.05) is 0 Å². The largest absolute Gasteiger partial charge is 0.298 e. The molecule has 76 valence electrons. The highest BCUT2D eigenvalue weighted by Gasteiger charge is 2.15. The fourth-order valence-electron chi connectivity index (χ4n) is 1.11. The zero-order valence-corrected chi connectivity index (χ0v) is 11.7. The number of rotatable bonds is 3. The molecule has 0 aliphatic rings. The maximum absolute atomic E-state index is 11.2. The minimum absolute atomic E-state index is 0.0898. The molecule has 1 aromatic rings. The van der Waals surface area contributed by atoms with Gasteiger partial charge in [-0.1, -0.05) is 44.0 Å². The zero-order valence-electron chi connectivity index (χ0n) is 7.63. The van der Waals surface area contributed by atoms with Gasteiger partial charge in [-0.15, -0.1) is 12.6 Å². The summed E-state index contributed by atoms with van der Waals surface area (Å²) in [4.78, 5) is 11.8. The average molecular weight is 338 g/mol. The number of hydrogen-bond donors (Lipinski definition) is 1. The highest BCUT2D eigenvalue weighted by molar-refractivity contribution is 9.09. The van der Waals surface area contributed by atoms with E-state index in [2.05, 4.69) is 44.5 Å². The summed E-state index contributed by atoms with van der Waals surface area (Å²) in [6.07, 6.45) is 0. The summed E-state index contributed by atoms with van der Waals surface area (Å²) >= 11 is 11.0. The van der Waals surface area contributed by atoms with Gasteiger partial charge in [0.15, 0.2) is 0 Å². The standard InChI is InChI=1S/C10H10Br2OS/c1-6(13)10(12)8-4-7(5-11)2-3-9(8)14/h2-4,10,14H,5H2,1H3. The molecule has 0 radical (unpaired) electrons. The second kappa shape index (κ2) is 5.33. The van der Waals surface area contributed by atoms with Crippen molar-refractivity contribution in [1.29, 1.82) is 0 Å². The van der Waals surface area contributed by atoms with Crippen LogP contribution in [-0.2, 0) is 10.1 Å². The van der Waals surface area contributed by atoms with Crippen molar-refractivity contribution >= 4 is 50.3 Å². The molecule has 1 aromatic carbocycles. The Morgan fingerprint density at radius 3 is 2.71 bits per heavy atom. The van der Waals surface area contributed by atoms with Gasteiger partial charge in [0.1, 0.15) is 5.78 Å². The minimum atomic E-state index is -0.256. The highest BCUT2D eigenvalue weighted by atomic mass is 79.9. The smallest absolute Gasteiger partial charge is 0.147 e. The minimum Gasteiger partial charge on any atom is -0.298 e. The van der Waals surface area contributed by atoms with Gasteiger partial charge in [0.25, 0.3) is 0 Å². The van der Waals surface area contributed by atoms with E-state index in [1.165, 1.54) is 0 Å². The Balaban J connectivity index is 3.11. The van der Waals surface area contributed by atoms with Crippen LogP contribution in [0.2, 0.25) is 0 Å². The molecule has 0 heterocycles. The van der Waals surface area contributed by atoms with Crippen LogP contribution < -0.4 is 0 Å². The molecule has 0 fully saturated rings. The van der Waals surface area contributed by atoms with Crippen LogP contribution in [0.1, 0.15) is 22.9 Å². The molecule has 0 aromatic heterocycles. The van der Waals surface area contributed by atoms with Gasteiger partial charge in [-0.05, 0) is 24.1 Å². The number of hydrogen-bond acceptors (Lipinski definition) is 2. The Morgan fingerprint density at radius 1 is 1.57 bits per heavy atom. The highest BCUT2D eigenvalue weighted by Crippen LogP contribution is 2.30. The summed E-state index contributed by atoms with van der Waals surface area (Å²) in [5, 5.41) is 0.783. The molecule has 0 saturated heterocycles. The zero-order chi connectivity index (χ0) is 10.7. The van der Waals surface area contributed by atoms with Gasteiger partial charge < -0.3 is 0 Å². The Bertz CT molecular complexity index is 352. The van der Waals surface area contributed by atoms with Gasteiger partial charge >= 0.3 is 0 Å². The maximum atomic E-state index is 11.2. The van der Waals surface area contributed by atoms with Crippen molar-refractivity contribution in [3.05, 3.63) is 29.3 Å². The predicted octanol–water partition coefficient (Wildman–Crippen LogP) is 3.90. The Labute approximate surface area is 106 Å². The first kappa shape index (κ1) is 12.3. The van der Waals surface area contributed by atoms with E-state index in [1.807, 2.05) is 18.2 Å². The third-order valence-electron chi connectivity index (χ3n) is 1.88. The first-order valence-corrected chi connectivity index (χ1v) is 6.57. The number of alkyl halides is 2. The molecule has 4 heteroatoms. The molecule has 1 atom stereocenters. The number of Topliss-reactive ketones (excluding diaryl/α,β-unsaturated/α-hetero) is 1. The molecular weight excluding hydrogens is 328 g/mol. The molecule has 0 amide bonds. The van der Waals surface area contributed by atoms with Gasteiger partial charge in [-0.25, -0.2) is 0 Å². The molecular formula is C10H10Br2OS. The van der Waals surface area contributed by atoms with Crippen molar-refractivity contribution in [2.24, 2.45) is 0 Å². The van der Waals surface area contributed by atoms with Gasteiger partial charge in [0.2, 0.25) is 0 Å².